The maximum absolute atomic E-state index is 14.8. The van der Waals surface area contributed by atoms with E-state index in [1.807, 2.05) is 84.1 Å². The summed E-state index contributed by atoms with van der Waals surface area (Å²) in [5, 5.41) is 7.70. The molecule has 1 N–H and O–H groups in total. The van der Waals surface area contributed by atoms with Crippen LogP contribution < -0.4 is 21.2 Å². The molecule has 1 atom stereocenters. The van der Waals surface area contributed by atoms with Gasteiger partial charge in [0.15, 0.2) is 7.14 Å². The summed E-state index contributed by atoms with van der Waals surface area (Å²) in [6, 6.07) is 63.2. The van der Waals surface area contributed by atoms with Crippen LogP contribution in [0.25, 0.3) is 43.5 Å². The molecule has 1 unspecified atom stereocenters. The van der Waals surface area contributed by atoms with Crippen molar-refractivity contribution < 1.29 is 4.57 Å². The highest BCUT2D eigenvalue weighted by atomic mass is 32.1. The molecule has 2 heterocycles. The Kier molecular flexibility index (Phi) is 7.38. The van der Waals surface area contributed by atoms with Gasteiger partial charge >= 0.3 is 0 Å². The average molecular weight is 666 g/mol. The van der Waals surface area contributed by atoms with Crippen LogP contribution in [0.3, 0.4) is 0 Å². The molecule has 1 aliphatic heterocycles. The highest BCUT2D eigenvalue weighted by Gasteiger charge is 2.31. The zero-order valence-electron chi connectivity index (χ0n) is 26.7. The van der Waals surface area contributed by atoms with E-state index in [0.29, 0.717) is 0 Å². The van der Waals surface area contributed by atoms with E-state index in [1.165, 1.54) is 42.8 Å². The molecule has 0 bridgehead atoms. The van der Waals surface area contributed by atoms with E-state index < -0.39 is 7.14 Å². The lowest BCUT2D eigenvalue weighted by Gasteiger charge is -2.28. The van der Waals surface area contributed by atoms with Gasteiger partial charge in [-0.15, -0.1) is 11.3 Å². The molecule has 0 saturated heterocycles. The van der Waals surface area contributed by atoms with Crippen LogP contribution in [0.5, 0.6) is 0 Å². The molecule has 7 aromatic carbocycles. The van der Waals surface area contributed by atoms with Crippen LogP contribution in [-0.2, 0) is 4.57 Å². The molecule has 1 aromatic heterocycles. The number of anilines is 1. The third-order valence-corrected chi connectivity index (χ3v) is 13.9. The van der Waals surface area contributed by atoms with E-state index >= 15 is 0 Å². The molecule has 0 amide bonds. The number of fused-ring (bicyclic) bond motifs is 5. The van der Waals surface area contributed by atoms with Crippen molar-refractivity contribution in [1.82, 2.24) is 0 Å². The van der Waals surface area contributed by atoms with Crippen LogP contribution in [0.4, 0.5) is 5.69 Å². The van der Waals surface area contributed by atoms with Crippen LogP contribution >= 0.6 is 18.5 Å². The summed E-state index contributed by atoms with van der Waals surface area (Å²) >= 11 is 1.89. The van der Waals surface area contributed by atoms with Gasteiger partial charge in [-0.25, -0.2) is 0 Å². The second-order valence-electron chi connectivity index (χ2n) is 12.5. The van der Waals surface area contributed by atoms with Crippen LogP contribution in [0, 0.1) is 0 Å². The smallest absolute Gasteiger partial charge is 0.171 e. The predicted molar refractivity (Wildman–Crippen MR) is 209 cm³/mol. The van der Waals surface area contributed by atoms with Gasteiger partial charge in [0.05, 0.1) is 6.04 Å². The van der Waals surface area contributed by atoms with Gasteiger partial charge in [-0.1, -0.05) is 164 Å². The van der Waals surface area contributed by atoms with Crippen LogP contribution in [0.15, 0.2) is 182 Å². The fraction of sp³-hybridized carbons (Fsp3) is 0.0222. The number of hydrogen-bond donors (Lipinski definition) is 1. The Balaban J connectivity index is 1.05. The summed E-state index contributed by atoms with van der Waals surface area (Å²) in [5.41, 5.74) is 9.61. The first-order valence-corrected chi connectivity index (χ1v) is 19.1. The van der Waals surface area contributed by atoms with Crippen molar-refractivity contribution in [3.05, 3.63) is 192 Å². The average Bonchev–Trinajstić information content (AvgIpc) is 3.58. The van der Waals surface area contributed by atoms with Crippen molar-refractivity contribution in [2.24, 2.45) is 0 Å². The third-order valence-electron chi connectivity index (χ3n) is 9.63. The molecule has 8 aromatic rings. The quantitative estimate of drug-likeness (QED) is 0.179. The lowest BCUT2D eigenvalue weighted by molar-refractivity contribution is 0.592. The molecule has 49 heavy (non-hydrogen) atoms. The third kappa shape index (κ3) is 5.14. The summed E-state index contributed by atoms with van der Waals surface area (Å²) in [7, 11) is -3.01. The minimum absolute atomic E-state index is 0.118. The summed E-state index contributed by atoms with van der Waals surface area (Å²) in [6.45, 7) is 0. The van der Waals surface area contributed by atoms with Gasteiger partial charge in [-0.3, -0.25) is 0 Å². The fourth-order valence-electron chi connectivity index (χ4n) is 7.15. The lowest BCUT2D eigenvalue weighted by Crippen LogP contribution is -2.24. The molecule has 9 rings (SSSR count). The normalized spacial score (nSPS) is 13.8. The van der Waals surface area contributed by atoms with Gasteiger partial charge < -0.3 is 9.88 Å². The number of nitrogens with one attached hydrogen (secondary N) is 1. The van der Waals surface area contributed by atoms with E-state index in [0.717, 1.165) is 32.7 Å². The Hall–Kier alpha value is -5.47. The van der Waals surface area contributed by atoms with Crippen molar-refractivity contribution in [1.29, 1.82) is 0 Å². The first kappa shape index (κ1) is 29.7. The maximum Gasteiger partial charge on any atom is 0.171 e. The molecule has 2 nitrogen and oxygen atoms in total. The van der Waals surface area contributed by atoms with Crippen LogP contribution in [0.2, 0.25) is 0 Å². The monoisotopic (exact) mass is 665 g/mol. The topological polar surface area (TPSA) is 29.1 Å². The molecule has 0 radical (unpaired) electrons. The van der Waals surface area contributed by atoms with E-state index in [4.69, 9.17) is 0 Å². The summed E-state index contributed by atoms with van der Waals surface area (Å²) in [6.07, 6.45) is 0. The number of thiophene rings is 1. The summed E-state index contributed by atoms with van der Waals surface area (Å²) in [5.74, 6) is 0. The highest BCUT2D eigenvalue weighted by Crippen LogP contribution is 2.51. The number of benzene rings is 7. The molecule has 0 fully saturated rings. The molecular formula is C45H32NOPS. The Bertz CT molecular complexity index is 2430. The van der Waals surface area contributed by atoms with Gasteiger partial charge in [0.1, 0.15) is 0 Å². The van der Waals surface area contributed by atoms with E-state index in [1.54, 1.807) is 0 Å². The molecule has 0 spiro atoms. The molecule has 234 valence electrons. The van der Waals surface area contributed by atoms with Gasteiger partial charge in [0, 0.05) is 47.7 Å². The van der Waals surface area contributed by atoms with Gasteiger partial charge in [-0.2, -0.15) is 0 Å². The minimum atomic E-state index is -3.01. The Labute approximate surface area is 290 Å². The zero-order valence-corrected chi connectivity index (χ0v) is 28.4. The van der Waals surface area contributed by atoms with Gasteiger partial charge in [-0.05, 0) is 46.0 Å². The Morgan fingerprint density at radius 3 is 1.61 bits per heavy atom. The van der Waals surface area contributed by atoms with Crippen molar-refractivity contribution in [3.63, 3.8) is 0 Å². The maximum atomic E-state index is 14.8. The molecule has 4 heteroatoms. The molecular weight excluding hydrogens is 634 g/mol. The zero-order chi connectivity index (χ0) is 32.8. The van der Waals surface area contributed by atoms with Crippen molar-refractivity contribution in [3.8, 4) is 33.4 Å². The standard InChI is InChI=1S/C45H32NOPS/c47-48(36-14-6-2-7-15-36,37-16-8-3-9-17-37)38-27-24-32(25-28-38)31-20-22-33(23-21-31)35-26-29-41-40(30-35)43-39-18-10-11-19-42(39)49-45(43)44(46-41)34-12-4-1-5-13-34/h1-30,44,46H. The van der Waals surface area contributed by atoms with Crippen molar-refractivity contribution in [2.75, 3.05) is 5.32 Å². The summed E-state index contributed by atoms with van der Waals surface area (Å²) < 4.78 is 16.1. The lowest BCUT2D eigenvalue weighted by atomic mass is 9.89. The Morgan fingerprint density at radius 1 is 0.490 bits per heavy atom. The fourth-order valence-corrected chi connectivity index (χ4v) is 11.1. The largest absolute Gasteiger partial charge is 0.373 e. The van der Waals surface area contributed by atoms with Crippen molar-refractivity contribution in [2.45, 2.75) is 6.04 Å². The van der Waals surface area contributed by atoms with Crippen molar-refractivity contribution >= 4 is 50.2 Å². The minimum Gasteiger partial charge on any atom is -0.373 e. The van der Waals surface area contributed by atoms with Gasteiger partial charge in [0.2, 0.25) is 0 Å². The first-order chi connectivity index (χ1) is 24.2. The SMILES string of the molecule is O=P(c1ccccc1)(c1ccccc1)c1ccc(-c2ccc(-c3ccc4c(c3)-c3c(sc5ccccc35)C(c3ccccc3)N4)cc2)cc1. The Morgan fingerprint density at radius 2 is 0.980 bits per heavy atom. The molecule has 1 aliphatic rings. The highest BCUT2D eigenvalue weighted by molar-refractivity contribution is 7.85. The number of rotatable bonds is 6. The second-order valence-corrected chi connectivity index (χ2v) is 16.3. The molecule has 0 saturated carbocycles. The second kappa shape index (κ2) is 12.2. The number of hydrogen-bond acceptors (Lipinski definition) is 3. The first-order valence-electron chi connectivity index (χ1n) is 16.6. The molecule has 0 aliphatic carbocycles. The van der Waals surface area contributed by atoms with Gasteiger partial charge in [0.25, 0.3) is 0 Å². The van der Waals surface area contributed by atoms with E-state index in [-0.39, 0.29) is 6.04 Å². The van der Waals surface area contributed by atoms with Crippen LogP contribution in [0.1, 0.15) is 16.5 Å². The van der Waals surface area contributed by atoms with E-state index in [9.17, 15) is 4.57 Å². The predicted octanol–water partition coefficient (Wildman–Crippen LogP) is 11.1. The van der Waals surface area contributed by atoms with Crippen LogP contribution in [-0.4, -0.2) is 0 Å². The van der Waals surface area contributed by atoms with E-state index in [2.05, 4.69) is 115 Å². The summed E-state index contributed by atoms with van der Waals surface area (Å²) in [4.78, 5) is 1.36.